The highest BCUT2D eigenvalue weighted by molar-refractivity contribution is 7.87. The number of rotatable bonds is 8. The van der Waals surface area contributed by atoms with Gasteiger partial charge >= 0.3 is 5.97 Å². The van der Waals surface area contributed by atoms with Crippen molar-refractivity contribution < 1.29 is 18.3 Å². The summed E-state index contributed by atoms with van der Waals surface area (Å²) in [6.07, 6.45) is 4.65. The summed E-state index contributed by atoms with van der Waals surface area (Å²) in [4.78, 5) is 12.7. The van der Waals surface area contributed by atoms with E-state index in [0.29, 0.717) is 13.1 Å². The third-order valence-corrected chi connectivity index (χ3v) is 5.03. The predicted octanol–water partition coefficient (Wildman–Crippen LogP) is 0.103. The number of nitrogens with one attached hydrogen (secondary N) is 1. The average molecular weight is 307 g/mol. The van der Waals surface area contributed by atoms with E-state index in [1.807, 2.05) is 0 Å². The average Bonchev–Trinajstić information content (AvgIpc) is 2.64. The van der Waals surface area contributed by atoms with E-state index in [9.17, 15) is 13.2 Å². The van der Waals surface area contributed by atoms with Crippen molar-refractivity contribution in [1.82, 2.24) is 13.9 Å². The van der Waals surface area contributed by atoms with Crippen molar-refractivity contribution in [2.24, 2.45) is 0 Å². The molecule has 1 heterocycles. The Balaban J connectivity index is 2.29. The van der Waals surface area contributed by atoms with Crippen molar-refractivity contribution in [3.8, 4) is 0 Å². The van der Waals surface area contributed by atoms with Crippen molar-refractivity contribution in [3.63, 3.8) is 0 Å². The zero-order chi connectivity index (χ0) is 15.0. The Bertz CT molecular complexity index is 392. The SMILES string of the molecule is CN(CCC(=O)O)S(=O)(=O)NCCN1CCCCCC1. The minimum atomic E-state index is -3.57. The molecule has 0 aromatic rings. The van der Waals surface area contributed by atoms with Gasteiger partial charge in [0.1, 0.15) is 0 Å². The van der Waals surface area contributed by atoms with Crippen LogP contribution in [0.1, 0.15) is 32.1 Å². The lowest BCUT2D eigenvalue weighted by Gasteiger charge is -2.21. The number of nitrogens with zero attached hydrogens (tertiary/aromatic N) is 2. The van der Waals surface area contributed by atoms with Gasteiger partial charge in [-0.15, -0.1) is 0 Å². The number of aliphatic carboxylic acids is 1. The zero-order valence-electron chi connectivity index (χ0n) is 12.0. The first kappa shape index (κ1) is 17.4. The number of carbonyl (C=O) groups is 1. The molecule has 0 bridgehead atoms. The van der Waals surface area contributed by atoms with Crippen molar-refractivity contribution in [1.29, 1.82) is 0 Å². The van der Waals surface area contributed by atoms with E-state index < -0.39 is 16.2 Å². The van der Waals surface area contributed by atoms with E-state index in [0.717, 1.165) is 17.4 Å². The van der Waals surface area contributed by atoms with Crippen LogP contribution < -0.4 is 4.72 Å². The molecule has 7 nitrogen and oxygen atoms in total. The second-order valence-corrected chi connectivity index (χ2v) is 6.98. The fourth-order valence-electron chi connectivity index (χ4n) is 2.18. The lowest BCUT2D eigenvalue weighted by atomic mass is 10.2. The number of carboxylic acids is 1. The van der Waals surface area contributed by atoms with E-state index in [1.165, 1.54) is 32.7 Å². The largest absolute Gasteiger partial charge is 0.481 e. The summed E-state index contributed by atoms with van der Waals surface area (Å²) in [6.45, 7) is 3.09. The molecule has 0 amide bonds. The van der Waals surface area contributed by atoms with Crippen molar-refractivity contribution in [2.75, 3.05) is 39.8 Å². The molecule has 1 rings (SSSR count). The van der Waals surface area contributed by atoms with E-state index in [-0.39, 0.29) is 13.0 Å². The van der Waals surface area contributed by atoms with Gasteiger partial charge < -0.3 is 10.0 Å². The monoisotopic (exact) mass is 307 g/mol. The van der Waals surface area contributed by atoms with Gasteiger partial charge in [0, 0.05) is 26.7 Å². The molecule has 2 N–H and O–H groups in total. The van der Waals surface area contributed by atoms with E-state index in [4.69, 9.17) is 5.11 Å². The smallest absolute Gasteiger partial charge is 0.304 e. The maximum Gasteiger partial charge on any atom is 0.304 e. The highest BCUT2D eigenvalue weighted by Crippen LogP contribution is 2.08. The molecule has 20 heavy (non-hydrogen) atoms. The molecule has 1 aliphatic heterocycles. The topological polar surface area (TPSA) is 90.0 Å². The van der Waals surface area contributed by atoms with Crippen LogP contribution in [0.25, 0.3) is 0 Å². The van der Waals surface area contributed by atoms with Gasteiger partial charge in [-0.05, 0) is 25.9 Å². The molecule has 0 aliphatic carbocycles. The third kappa shape index (κ3) is 6.65. The van der Waals surface area contributed by atoms with Crippen LogP contribution in [0.4, 0.5) is 0 Å². The fraction of sp³-hybridized carbons (Fsp3) is 0.917. The minimum absolute atomic E-state index is 0.0195. The lowest BCUT2D eigenvalue weighted by molar-refractivity contribution is -0.137. The first-order valence-corrected chi connectivity index (χ1v) is 8.51. The Morgan fingerprint density at radius 1 is 1.25 bits per heavy atom. The quantitative estimate of drug-likeness (QED) is 0.664. The Morgan fingerprint density at radius 3 is 2.40 bits per heavy atom. The third-order valence-electron chi connectivity index (χ3n) is 3.46. The molecule has 0 unspecified atom stereocenters. The molecule has 1 fully saturated rings. The minimum Gasteiger partial charge on any atom is -0.481 e. The Morgan fingerprint density at radius 2 is 1.85 bits per heavy atom. The van der Waals surface area contributed by atoms with Crippen LogP contribution in [0.15, 0.2) is 0 Å². The first-order valence-electron chi connectivity index (χ1n) is 7.07. The highest BCUT2D eigenvalue weighted by atomic mass is 32.2. The van der Waals surface area contributed by atoms with Crippen LogP contribution >= 0.6 is 0 Å². The highest BCUT2D eigenvalue weighted by Gasteiger charge is 2.18. The van der Waals surface area contributed by atoms with Gasteiger partial charge in [-0.1, -0.05) is 12.8 Å². The van der Waals surface area contributed by atoms with Gasteiger partial charge in [0.15, 0.2) is 0 Å². The summed E-state index contributed by atoms with van der Waals surface area (Å²) in [5.41, 5.74) is 0. The number of hydrogen-bond donors (Lipinski definition) is 2. The van der Waals surface area contributed by atoms with Gasteiger partial charge in [0.25, 0.3) is 10.2 Å². The van der Waals surface area contributed by atoms with Gasteiger partial charge in [-0.25, -0.2) is 4.72 Å². The molecule has 1 aliphatic rings. The second kappa shape index (κ2) is 8.56. The summed E-state index contributed by atoms with van der Waals surface area (Å²) < 4.78 is 27.3. The Labute approximate surface area is 121 Å². The summed E-state index contributed by atoms with van der Waals surface area (Å²) in [5, 5.41) is 8.55. The van der Waals surface area contributed by atoms with Crippen LogP contribution in [0, 0.1) is 0 Å². The van der Waals surface area contributed by atoms with Crippen LogP contribution in [-0.4, -0.2) is 68.5 Å². The van der Waals surface area contributed by atoms with Crippen molar-refractivity contribution in [3.05, 3.63) is 0 Å². The van der Waals surface area contributed by atoms with Gasteiger partial charge in [0.05, 0.1) is 6.42 Å². The summed E-state index contributed by atoms with van der Waals surface area (Å²) in [7, 11) is -2.19. The molecular weight excluding hydrogens is 282 g/mol. The maximum absolute atomic E-state index is 11.9. The maximum atomic E-state index is 11.9. The molecule has 118 valence electrons. The first-order chi connectivity index (χ1) is 9.42. The molecule has 0 aromatic carbocycles. The normalized spacial score (nSPS) is 18.1. The molecule has 0 aromatic heterocycles. The van der Waals surface area contributed by atoms with E-state index in [1.54, 1.807) is 0 Å². The fourth-order valence-corrected chi connectivity index (χ4v) is 3.08. The number of hydrogen-bond acceptors (Lipinski definition) is 4. The van der Waals surface area contributed by atoms with Crippen LogP contribution in [0.5, 0.6) is 0 Å². The van der Waals surface area contributed by atoms with E-state index in [2.05, 4.69) is 9.62 Å². The Kier molecular flexibility index (Phi) is 7.42. The second-order valence-electron chi connectivity index (χ2n) is 5.12. The summed E-state index contributed by atoms with van der Waals surface area (Å²) in [6, 6.07) is 0. The lowest BCUT2D eigenvalue weighted by Crippen LogP contribution is -2.42. The van der Waals surface area contributed by atoms with Crippen molar-refractivity contribution in [2.45, 2.75) is 32.1 Å². The standard InChI is InChI=1S/C12H25N3O4S/c1-14(10-6-12(16)17)20(18,19)13-7-11-15-8-4-2-3-5-9-15/h13H,2-11H2,1H3,(H,16,17). The van der Waals surface area contributed by atoms with Crippen LogP contribution in [0.3, 0.4) is 0 Å². The number of likely N-dealkylation sites (tertiary alicyclic amines) is 1. The Hall–Kier alpha value is -0.700. The van der Waals surface area contributed by atoms with Gasteiger partial charge in [-0.3, -0.25) is 4.79 Å². The van der Waals surface area contributed by atoms with Gasteiger partial charge in [-0.2, -0.15) is 12.7 Å². The summed E-state index contributed by atoms with van der Waals surface area (Å²) in [5.74, 6) is -1.00. The molecule has 1 saturated heterocycles. The summed E-state index contributed by atoms with van der Waals surface area (Å²) >= 11 is 0. The molecule has 0 spiro atoms. The molecule has 8 heteroatoms. The van der Waals surface area contributed by atoms with Crippen molar-refractivity contribution >= 4 is 16.2 Å². The molecule has 0 saturated carbocycles. The predicted molar refractivity (Wildman–Crippen MR) is 76.7 cm³/mol. The van der Waals surface area contributed by atoms with Gasteiger partial charge in [0.2, 0.25) is 0 Å². The van der Waals surface area contributed by atoms with Crippen LogP contribution in [0.2, 0.25) is 0 Å². The van der Waals surface area contributed by atoms with Crippen LogP contribution in [-0.2, 0) is 15.0 Å². The molecule has 0 atom stereocenters. The number of carboxylic acid groups (broad SMARTS) is 1. The molecule has 0 radical (unpaired) electrons. The van der Waals surface area contributed by atoms with E-state index >= 15 is 0 Å². The molecular formula is C12H25N3O4S. The zero-order valence-corrected chi connectivity index (χ0v) is 12.9.